The number of aliphatic hydroxyl groups is 1. The van der Waals surface area contributed by atoms with Crippen molar-refractivity contribution in [3.63, 3.8) is 0 Å². The molecule has 1 aromatic heterocycles. The van der Waals surface area contributed by atoms with Crippen LogP contribution in [0, 0.1) is 17.3 Å². The van der Waals surface area contributed by atoms with Gasteiger partial charge in [-0.2, -0.15) is 0 Å². The molecule has 8 nitrogen and oxygen atoms in total. The van der Waals surface area contributed by atoms with Crippen LogP contribution in [0.5, 0.6) is 0 Å². The van der Waals surface area contributed by atoms with Crippen molar-refractivity contribution >= 4 is 11.8 Å². The molecule has 244 valence electrons. The van der Waals surface area contributed by atoms with Gasteiger partial charge in [-0.1, -0.05) is 82.2 Å². The monoisotopic (exact) mass is 616 g/mol. The summed E-state index contributed by atoms with van der Waals surface area (Å²) in [5.74, 6) is 0.784. The molecule has 2 aliphatic heterocycles. The van der Waals surface area contributed by atoms with E-state index in [2.05, 4.69) is 18.9 Å². The SMILES string of the molecule is CC(CC1CCCCC1)C(=O)N1CC[C@@](O)(Cn2cc(C(=O)N3CCN(C)CC3)c(-c3ccccc3)cc2=O)C2(CCCC2)C1. The van der Waals surface area contributed by atoms with Crippen molar-refractivity contribution in [1.29, 1.82) is 0 Å². The Kier molecular flexibility index (Phi) is 9.53. The summed E-state index contributed by atoms with van der Waals surface area (Å²) >= 11 is 0. The van der Waals surface area contributed by atoms with Crippen LogP contribution in [0.25, 0.3) is 11.1 Å². The second-order valence-electron chi connectivity index (χ2n) is 14.7. The van der Waals surface area contributed by atoms with E-state index < -0.39 is 11.0 Å². The van der Waals surface area contributed by atoms with E-state index in [9.17, 15) is 19.5 Å². The van der Waals surface area contributed by atoms with Gasteiger partial charge in [0.05, 0.1) is 17.7 Å². The van der Waals surface area contributed by atoms with Crippen molar-refractivity contribution in [3.05, 3.63) is 58.5 Å². The largest absolute Gasteiger partial charge is 0.387 e. The molecule has 1 N–H and O–H groups in total. The zero-order valence-corrected chi connectivity index (χ0v) is 27.4. The number of amides is 2. The van der Waals surface area contributed by atoms with Gasteiger partial charge in [0.1, 0.15) is 0 Å². The van der Waals surface area contributed by atoms with E-state index in [1.54, 1.807) is 16.8 Å². The van der Waals surface area contributed by atoms with Crippen molar-refractivity contribution in [2.24, 2.45) is 17.3 Å². The molecule has 2 atom stereocenters. The molecule has 1 aromatic carbocycles. The van der Waals surface area contributed by atoms with E-state index >= 15 is 0 Å². The Labute approximate surface area is 268 Å². The van der Waals surface area contributed by atoms with Gasteiger partial charge in [-0.3, -0.25) is 14.4 Å². The maximum atomic E-state index is 14.0. The minimum Gasteiger partial charge on any atom is -0.387 e. The minimum atomic E-state index is -1.14. The van der Waals surface area contributed by atoms with E-state index in [1.807, 2.05) is 40.1 Å². The van der Waals surface area contributed by atoms with E-state index in [0.29, 0.717) is 49.6 Å². The fraction of sp³-hybridized carbons (Fsp3) is 0.649. The fourth-order valence-corrected chi connectivity index (χ4v) is 8.81. The van der Waals surface area contributed by atoms with Crippen molar-refractivity contribution < 1.29 is 14.7 Å². The number of likely N-dealkylation sites (tertiary alicyclic amines) is 1. The van der Waals surface area contributed by atoms with Crippen LogP contribution in [0.15, 0.2) is 47.4 Å². The van der Waals surface area contributed by atoms with Crippen LogP contribution in [0.1, 0.15) is 87.9 Å². The topological polar surface area (TPSA) is 86.1 Å². The number of benzene rings is 1. The summed E-state index contributed by atoms with van der Waals surface area (Å²) in [6, 6.07) is 11.2. The van der Waals surface area contributed by atoms with E-state index in [4.69, 9.17) is 0 Å². The Hall–Kier alpha value is -2.97. The lowest BCUT2D eigenvalue weighted by Crippen LogP contribution is -2.62. The summed E-state index contributed by atoms with van der Waals surface area (Å²) in [6.07, 6.45) is 13.1. The van der Waals surface area contributed by atoms with Crippen LogP contribution >= 0.6 is 0 Å². The van der Waals surface area contributed by atoms with Gasteiger partial charge < -0.3 is 24.4 Å². The smallest absolute Gasteiger partial charge is 0.256 e. The molecule has 2 aromatic rings. The standard InChI is InChI=1S/C37H52N4O4/c1-28(23-29-11-5-3-6-12-29)34(43)40-18-17-37(45,36(26-40)15-9-10-16-36)27-41-25-32(35(44)39-21-19-38(2)20-22-39)31(24-33(41)42)30-13-7-4-8-14-30/h4,7-8,13-14,24-25,28-29,45H,3,5-6,9-12,15-23,26-27H2,1-2H3/t28?,37-/m1/s1. The lowest BCUT2D eigenvalue weighted by molar-refractivity contribution is -0.163. The Morgan fingerprint density at radius 1 is 0.911 bits per heavy atom. The first-order valence-corrected chi connectivity index (χ1v) is 17.5. The molecular weight excluding hydrogens is 564 g/mol. The molecule has 3 heterocycles. The van der Waals surface area contributed by atoms with Crippen LogP contribution in [-0.4, -0.2) is 88.1 Å². The van der Waals surface area contributed by atoms with Crippen LogP contribution in [0.2, 0.25) is 0 Å². The molecule has 8 heteroatoms. The quantitative estimate of drug-likeness (QED) is 0.472. The molecule has 2 aliphatic carbocycles. The van der Waals surface area contributed by atoms with Gasteiger partial charge in [0.15, 0.2) is 0 Å². The molecule has 2 amide bonds. The summed E-state index contributed by atoms with van der Waals surface area (Å²) in [6.45, 7) is 6.15. The summed E-state index contributed by atoms with van der Waals surface area (Å²) < 4.78 is 1.58. The van der Waals surface area contributed by atoms with Gasteiger partial charge in [-0.15, -0.1) is 0 Å². The van der Waals surface area contributed by atoms with Crippen molar-refractivity contribution in [2.75, 3.05) is 46.3 Å². The highest BCUT2D eigenvalue weighted by Gasteiger charge is 2.56. The Morgan fingerprint density at radius 2 is 1.60 bits per heavy atom. The zero-order chi connectivity index (χ0) is 31.6. The van der Waals surface area contributed by atoms with Crippen molar-refractivity contribution in [2.45, 2.75) is 89.7 Å². The van der Waals surface area contributed by atoms with Crippen LogP contribution in [0.3, 0.4) is 0 Å². The van der Waals surface area contributed by atoms with Crippen LogP contribution in [0.4, 0.5) is 0 Å². The van der Waals surface area contributed by atoms with E-state index in [1.165, 1.54) is 32.1 Å². The molecule has 6 rings (SSSR count). The fourth-order valence-electron chi connectivity index (χ4n) is 8.81. The zero-order valence-electron chi connectivity index (χ0n) is 27.4. The Balaban J connectivity index is 1.26. The first-order valence-electron chi connectivity index (χ1n) is 17.5. The van der Waals surface area contributed by atoms with Gasteiger partial charge in [0.25, 0.3) is 11.5 Å². The number of piperazine rings is 1. The highest BCUT2D eigenvalue weighted by atomic mass is 16.3. The summed E-state index contributed by atoms with van der Waals surface area (Å²) in [4.78, 5) is 47.6. The molecule has 0 bridgehead atoms. The molecule has 1 spiro atoms. The third-order valence-corrected chi connectivity index (χ3v) is 11.6. The number of carbonyl (C=O) groups excluding carboxylic acids is 2. The van der Waals surface area contributed by atoms with Gasteiger partial charge in [0, 0.05) is 68.4 Å². The third-order valence-electron chi connectivity index (χ3n) is 11.6. The lowest BCUT2D eigenvalue weighted by atomic mass is 9.65. The summed E-state index contributed by atoms with van der Waals surface area (Å²) in [5.41, 5.74) is 0.155. The first kappa shape index (κ1) is 32.0. The molecule has 0 radical (unpaired) electrons. The first-order chi connectivity index (χ1) is 21.7. The molecule has 45 heavy (non-hydrogen) atoms. The number of piperidine rings is 1. The molecule has 1 unspecified atom stereocenters. The maximum absolute atomic E-state index is 14.0. The highest BCUT2D eigenvalue weighted by Crippen LogP contribution is 2.52. The Bertz CT molecular complexity index is 1400. The average molecular weight is 617 g/mol. The van der Waals surface area contributed by atoms with E-state index in [-0.39, 0.29) is 29.8 Å². The summed E-state index contributed by atoms with van der Waals surface area (Å²) in [5, 5.41) is 12.5. The number of hydrogen-bond donors (Lipinski definition) is 1. The molecule has 4 aliphatic rings. The van der Waals surface area contributed by atoms with Crippen molar-refractivity contribution in [3.8, 4) is 11.1 Å². The molecule has 2 saturated carbocycles. The predicted octanol–water partition coefficient (Wildman–Crippen LogP) is 5.03. The average Bonchev–Trinajstić information content (AvgIpc) is 3.54. The maximum Gasteiger partial charge on any atom is 0.256 e. The number of carbonyl (C=O) groups is 2. The highest BCUT2D eigenvalue weighted by molar-refractivity contribution is 6.00. The van der Waals surface area contributed by atoms with Crippen LogP contribution < -0.4 is 5.56 Å². The number of rotatable bonds is 7. The minimum absolute atomic E-state index is 0.00552. The lowest BCUT2D eigenvalue weighted by Gasteiger charge is -2.53. The second kappa shape index (κ2) is 13.4. The molecular formula is C37H52N4O4. The Morgan fingerprint density at radius 3 is 2.29 bits per heavy atom. The number of aromatic nitrogens is 1. The van der Waals surface area contributed by atoms with Crippen LogP contribution in [-0.2, 0) is 11.3 Å². The predicted molar refractivity (Wildman–Crippen MR) is 177 cm³/mol. The normalized spacial score (nSPS) is 25.0. The molecule has 2 saturated heterocycles. The number of likely N-dealkylation sites (N-methyl/N-ethyl adjacent to an activating group) is 1. The number of hydrogen-bond acceptors (Lipinski definition) is 5. The van der Waals surface area contributed by atoms with Gasteiger partial charge >= 0.3 is 0 Å². The molecule has 4 fully saturated rings. The van der Waals surface area contributed by atoms with Gasteiger partial charge in [-0.05, 0) is 44.2 Å². The van der Waals surface area contributed by atoms with E-state index in [0.717, 1.165) is 50.8 Å². The second-order valence-corrected chi connectivity index (χ2v) is 14.7. The summed E-state index contributed by atoms with van der Waals surface area (Å²) in [7, 11) is 2.06. The van der Waals surface area contributed by atoms with Crippen molar-refractivity contribution in [1.82, 2.24) is 19.3 Å². The number of pyridine rings is 1. The third kappa shape index (κ3) is 6.64. The van der Waals surface area contributed by atoms with Gasteiger partial charge in [0.2, 0.25) is 5.91 Å². The number of nitrogens with zero attached hydrogens (tertiary/aromatic N) is 4. The van der Waals surface area contributed by atoms with Gasteiger partial charge in [-0.25, -0.2) is 0 Å².